The first-order valence-electron chi connectivity index (χ1n) is 7.37. The zero-order valence-electron chi connectivity index (χ0n) is 12.8. The van der Waals surface area contributed by atoms with Crippen LogP contribution in [0.25, 0.3) is 5.82 Å². The Hall–Kier alpha value is -3.69. The van der Waals surface area contributed by atoms with Crippen molar-refractivity contribution in [2.24, 2.45) is 0 Å². The maximum absolute atomic E-state index is 11.6. The Morgan fingerprint density at radius 3 is 2.80 bits per heavy atom. The number of benzene rings is 1. The van der Waals surface area contributed by atoms with Crippen molar-refractivity contribution in [2.45, 2.75) is 0 Å². The minimum Gasteiger partial charge on any atom is -0.486 e. The maximum Gasteiger partial charge on any atom is 0.354 e. The summed E-state index contributed by atoms with van der Waals surface area (Å²) in [6.45, 7) is 0.945. The molecule has 4 rings (SSSR count). The second kappa shape index (κ2) is 6.07. The fraction of sp³-hybridized carbons (Fsp3) is 0.133. The average molecular weight is 340 g/mol. The summed E-state index contributed by atoms with van der Waals surface area (Å²) in [5.41, 5.74) is 0.332. The maximum atomic E-state index is 11.6. The predicted molar refractivity (Wildman–Crippen MR) is 86.5 cm³/mol. The highest BCUT2D eigenvalue weighted by Crippen LogP contribution is 2.35. The zero-order valence-corrected chi connectivity index (χ0v) is 12.8. The Balaban J connectivity index is 1.73. The Morgan fingerprint density at radius 2 is 2.04 bits per heavy atom. The molecular formula is C15H12N6O4. The van der Waals surface area contributed by atoms with Gasteiger partial charge in [-0.15, -0.1) is 0 Å². The van der Waals surface area contributed by atoms with Gasteiger partial charge in [0.1, 0.15) is 25.9 Å². The van der Waals surface area contributed by atoms with Crippen LogP contribution in [0.2, 0.25) is 0 Å². The van der Waals surface area contributed by atoms with Gasteiger partial charge in [0, 0.05) is 24.1 Å². The molecule has 0 atom stereocenters. The molecule has 0 aliphatic carbocycles. The summed E-state index contributed by atoms with van der Waals surface area (Å²) < 4.78 is 12.4. The van der Waals surface area contributed by atoms with E-state index in [1.54, 1.807) is 24.4 Å². The minimum absolute atomic E-state index is 0.0698. The first kappa shape index (κ1) is 14.9. The molecule has 1 N–H and O–H groups in total. The lowest BCUT2D eigenvalue weighted by Gasteiger charge is -2.19. The molecule has 0 saturated heterocycles. The second-order valence-corrected chi connectivity index (χ2v) is 5.10. The number of ether oxygens (including phenoxy) is 2. The minimum atomic E-state index is -0.532. The van der Waals surface area contributed by atoms with Crippen LogP contribution >= 0.6 is 0 Å². The van der Waals surface area contributed by atoms with Gasteiger partial charge >= 0.3 is 5.69 Å². The van der Waals surface area contributed by atoms with E-state index in [1.165, 1.54) is 23.4 Å². The van der Waals surface area contributed by atoms with Crippen LogP contribution in [0.4, 0.5) is 17.2 Å². The number of imidazole rings is 1. The molecule has 0 spiro atoms. The standard InChI is InChI=1S/C15H12N6O4/c22-21(23)13-14(17-8-18-15(13)20-4-3-16-9-20)19-10-1-2-11-12(7-10)25-6-5-24-11/h1-4,7-9H,5-6H2,(H,17,18,19). The quantitative estimate of drug-likeness (QED) is 0.566. The van der Waals surface area contributed by atoms with Gasteiger partial charge in [0.2, 0.25) is 11.6 Å². The van der Waals surface area contributed by atoms with Gasteiger partial charge in [-0.3, -0.25) is 14.7 Å². The van der Waals surface area contributed by atoms with Crippen molar-refractivity contribution in [2.75, 3.05) is 18.5 Å². The van der Waals surface area contributed by atoms with Crippen molar-refractivity contribution in [3.63, 3.8) is 0 Å². The van der Waals surface area contributed by atoms with Crippen molar-refractivity contribution in [1.29, 1.82) is 0 Å². The van der Waals surface area contributed by atoms with E-state index in [-0.39, 0.29) is 17.3 Å². The zero-order chi connectivity index (χ0) is 17.2. The third-order valence-corrected chi connectivity index (χ3v) is 3.54. The molecule has 3 aromatic rings. The number of rotatable bonds is 4. The van der Waals surface area contributed by atoms with E-state index in [2.05, 4.69) is 20.3 Å². The molecule has 1 aromatic carbocycles. The third-order valence-electron chi connectivity index (χ3n) is 3.54. The van der Waals surface area contributed by atoms with Gasteiger partial charge in [-0.25, -0.2) is 15.0 Å². The van der Waals surface area contributed by atoms with E-state index in [0.717, 1.165) is 0 Å². The van der Waals surface area contributed by atoms with Crippen molar-refractivity contribution in [1.82, 2.24) is 19.5 Å². The number of nitrogens with one attached hydrogen (secondary N) is 1. The van der Waals surface area contributed by atoms with Crippen LogP contribution in [0.15, 0.2) is 43.2 Å². The molecule has 126 valence electrons. The van der Waals surface area contributed by atoms with Gasteiger partial charge in [0.25, 0.3) is 0 Å². The lowest BCUT2D eigenvalue weighted by molar-refractivity contribution is -0.384. The van der Waals surface area contributed by atoms with Crippen LogP contribution in [-0.2, 0) is 0 Å². The van der Waals surface area contributed by atoms with Crippen molar-refractivity contribution in [3.8, 4) is 17.3 Å². The molecule has 3 heterocycles. The summed E-state index contributed by atoms with van der Waals surface area (Å²) >= 11 is 0. The average Bonchev–Trinajstić information content (AvgIpc) is 3.16. The molecular weight excluding hydrogens is 328 g/mol. The topological polar surface area (TPSA) is 117 Å². The van der Waals surface area contributed by atoms with Crippen LogP contribution in [0.1, 0.15) is 0 Å². The number of nitro groups is 1. The molecule has 2 aromatic heterocycles. The summed E-state index contributed by atoms with van der Waals surface area (Å²) in [6.07, 6.45) is 5.77. The van der Waals surface area contributed by atoms with Crippen LogP contribution in [-0.4, -0.2) is 37.7 Å². The largest absolute Gasteiger partial charge is 0.486 e. The lowest BCUT2D eigenvalue weighted by atomic mass is 10.2. The molecule has 0 radical (unpaired) electrons. The molecule has 25 heavy (non-hydrogen) atoms. The second-order valence-electron chi connectivity index (χ2n) is 5.10. The SMILES string of the molecule is O=[N+]([O-])c1c(Nc2ccc3c(c2)OCCO3)ncnc1-n1ccnc1. The summed E-state index contributed by atoms with van der Waals surface area (Å²) in [5, 5.41) is 14.5. The van der Waals surface area contributed by atoms with Gasteiger partial charge in [0.05, 0.1) is 4.92 Å². The highest BCUT2D eigenvalue weighted by molar-refractivity contribution is 5.71. The van der Waals surface area contributed by atoms with Gasteiger partial charge in [-0.05, 0) is 12.1 Å². The monoisotopic (exact) mass is 340 g/mol. The summed E-state index contributed by atoms with van der Waals surface area (Å²) in [6, 6.07) is 5.17. The van der Waals surface area contributed by atoms with Crippen LogP contribution < -0.4 is 14.8 Å². The highest BCUT2D eigenvalue weighted by Gasteiger charge is 2.24. The van der Waals surface area contributed by atoms with Gasteiger partial charge in [-0.2, -0.15) is 0 Å². The van der Waals surface area contributed by atoms with E-state index >= 15 is 0 Å². The van der Waals surface area contributed by atoms with Crippen molar-refractivity contribution >= 4 is 17.2 Å². The molecule has 10 heteroatoms. The predicted octanol–water partition coefficient (Wildman–Crippen LogP) is 2.09. The van der Waals surface area contributed by atoms with Crippen LogP contribution in [0.3, 0.4) is 0 Å². The molecule has 0 bridgehead atoms. The van der Waals surface area contributed by atoms with Crippen molar-refractivity contribution < 1.29 is 14.4 Å². The van der Waals surface area contributed by atoms with E-state index in [4.69, 9.17) is 9.47 Å². The number of hydrogen-bond donors (Lipinski definition) is 1. The number of fused-ring (bicyclic) bond motifs is 1. The van der Waals surface area contributed by atoms with Gasteiger partial charge in [0.15, 0.2) is 11.5 Å². The Labute approximate surface area is 141 Å². The normalized spacial score (nSPS) is 12.6. The fourth-order valence-corrected chi connectivity index (χ4v) is 2.46. The highest BCUT2D eigenvalue weighted by atomic mass is 16.6. The van der Waals surface area contributed by atoms with Crippen LogP contribution in [0.5, 0.6) is 11.5 Å². The molecule has 1 aliphatic rings. The van der Waals surface area contributed by atoms with Crippen LogP contribution in [0, 0.1) is 10.1 Å². The molecule has 1 aliphatic heterocycles. The lowest BCUT2D eigenvalue weighted by Crippen LogP contribution is -2.15. The Morgan fingerprint density at radius 1 is 1.20 bits per heavy atom. The number of hydrogen-bond acceptors (Lipinski definition) is 8. The van der Waals surface area contributed by atoms with Gasteiger partial charge < -0.3 is 14.8 Å². The third kappa shape index (κ3) is 2.80. The smallest absolute Gasteiger partial charge is 0.354 e. The van der Waals surface area contributed by atoms with Gasteiger partial charge in [-0.1, -0.05) is 0 Å². The number of nitrogens with zero attached hydrogens (tertiary/aromatic N) is 5. The van der Waals surface area contributed by atoms with E-state index in [1.807, 2.05) is 0 Å². The molecule has 0 amide bonds. The molecule has 10 nitrogen and oxygen atoms in total. The molecule has 0 unspecified atom stereocenters. The molecule has 0 fully saturated rings. The summed E-state index contributed by atoms with van der Waals surface area (Å²) in [7, 11) is 0. The van der Waals surface area contributed by atoms with E-state index < -0.39 is 4.92 Å². The van der Waals surface area contributed by atoms with E-state index in [9.17, 15) is 10.1 Å². The first-order chi connectivity index (χ1) is 12.2. The molecule has 0 saturated carbocycles. The fourth-order valence-electron chi connectivity index (χ4n) is 2.46. The van der Waals surface area contributed by atoms with E-state index in [0.29, 0.717) is 30.4 Å². The number of anilines is 2. The summed E-state index contributed by atoms with van der Waals surface area (Å²) in [5.74, 6) is 1.40. The number of aromatic nitrogens is 4. The Bertz CT molecular complexity index is 928. The summed E-state index contributed by atoms with van der Waals surface area (Å²) in [4.78, 5) is 22.9. The Kier molecular flexibility index (Phi) is 3.61. The first-order valence-corrected chi connectivity index (χ1v) is 7.37. The van der Waals surface area contributed by atoms with Crippen molar-refractivity contribution in [3.05, 3.63) is 53.4 Å².